The van der Waals surface area contributed by atoms with Crippen molar-refractivity contribution >= 4 is 50.9 Å². The van der Waals surface area contributed by atoms with E-state index in [0.717, 1.165) is 42.6 Å². The molecule has 3 rings (SSSR count). The molecule has 0 saturated heterocycles. The predicted molar refractivity (Wildman–Crippen MR) is 137 cm³/mol. The summed E-state index contributed by atoms with van der Waals surface area (Å²) in [5.41, 5.74) is 1.65. The number of thiocarbonyl (C=S) groups is 1. The lowest BCUT2D eigenvalue weighted by Crippen LogP contribution is -2.69. The summed E-state index contributed by atoms with van der Waals surface area (Å²) < 4.78 is 64.5. The molecule has 8 nitrogen and oxygen atoms in total. The maximum Gasteiger partial charge on any atom is 0.485 e. The standard InChI is InChI=1S/C23H25N3O2S.CHF3O3S/c1-4-9-22(27)25-26(14-5-2)20-11-8-7-10-17(20)15-18-16-19(12-13-21(18)26)24-23(29)28-6-3;2-1(3,4)8(5,6)7/h1-2,12-13,15-16,20H,6-11,14H2,3H3,(H-,24,25,27,29);(H,5,6,7). The van der Waals surface area contributed by atoms with E-state index < -0.39 is 15.6 Å². The summed E-state index contributed by atoms with van der Waals surface area (Å²) in [5.74, 6) is 5.02. The lowest BCUT2D eigenvalue weighted by Gasteiger charge is -2.47. The van der Waals surface area contributed by atoms with Gasteiger partial charge in [0.25, 0.3) is 11.1 Å². The maximum absolute atomic E-state index is 12.6. The van der Waals surface area contributed by atoms with E-state index in [-0.39, 0.29) is 23.0 Å². The molecule has 13 heteroatoms. The van der Waals surface area contributed by atoms with Crippen molar-refractivity contribution in [3.63, 3.8) is 0 Å². The van der Waals surface area contributed by atoms with Crippen molar-refractivity contribution in [1.29, 1.82) is 0 Å². The van der Waals surface area contributed by atoms with Crippen LogP contribution in [0.4, 0.5) is 24.5 Å². The summed E-state index contributed by atoms with van der Waals surface area (Å²) in [6.07, 6.45) is 17.6. The molecule has 200 valence electrons. The van der Waals surface area contributed by atoms with Crippen molar-refractivity contribution in [3.05, 3.63) is 29.3 Å². The number of benzene rings is 1. The average molecular weight is 558 g/mol. The van der Waals surface area contributed by atoms with Crippen molar-refractivity contribution in [2.75, 3.05) is 18.5 Å². The normalized spacial score (nSPS) is 20.3. The first-order valence-electron chi connectivity index (χ1n) is 11.2. The maximum atomic E-state index is 12.6. The molecule has 1 aliphatic carbocycles. The molecule has 1 saturated carbocycles. The number of quaternary nitrogens is 1. The third-order valence-electron chi connectivity index (χ3n) is 5.68. The lowest BCUT2D eigenvalue weighted by atomic mass is 9.83. The van der Waals surface area contributed by atoms with E-state index in [1.54, 1.807) is 0 Å². The monoisotopic (exact) mass is 557 g/mol. The topological polar surface area (TPSA) is 108 Å². The third-order valence-corrected chi connectivity index (χ3v) is 6.47. The van der Waals surface area contributed by atoms with E-state index in [0.29, 0.717) is 18.3 Å². The van der Waals surface area contributed by atoms with Gasteiger partial charge in [-0.2, -0.15) is 23.2 Å². The van der Waals surface area contributed by atoms with Crippen LogP contribution in [0.1, 0.15) is 44.6 Å². The van der Waals surface area contributed by atoms with E-state index >= 15 is 0 Å². The van der Waals surface area contributed by atoms with Crippen LogP contribution >= 0.6 is 12.2 Å². The highest BCUT2D eigenvalue weighted by molar-refractivity contribution is 7.86. The first-order chi connectivity index (χ1) is 17.3. The largest absolute Gasteiger partial charge is 0.741 e. The van der Waals surface area contributed by atoms with Crippen molar-refractivity contribution in [2.24, 2.45) is 0 Å². The molecule has 2 unspecified atom stereocenters. The smallest absolute Gasteiger partial charge is 0.485 e. The number of alkyl halides is 3. The number of nitrogens with one attached hydrogen (secondary N) is 2. The molecule has 2 N–H and O–H groups in total. The fourth-order valence-electron chi connectivity index (χ4n) is 4.33. The Morgan fingerprint density at radius 2 is 1.97 bits per heavy atom. The van der Waals surface area contributed by atoms with Gasteiger partial charge in [0, 0.05) is 23.7 Å². The minimum atomic E-state index is -6.09. The quantitative estimate of drug-likeness (QED) is 0.186. The van der Waals surface area contributed by atoms with Gasteiger partial charge in [-0.3, -0.25) is 4.79 Å². The second kappa shape index (κ2) is 12.4. The number of hydrogen-bond acceptors (Lipinski definition) is 6. The van der Waals surface area contributed by atoms with Crippen LogP contribution in [0.3, 0.4) is 0 Å². The third kappa shape index (κ3) is 7.46. The molecule has 1 aliphatic heterocycles. The van der Waals surface area contributed by atoms with Gasteiger partial charge in [0.2, 0.25) is 0 Å². The Morgan fingerprint density at radius 3 is 2.54 bits per heavy atom. The van der Waals surface area contributed by atoms with E-state index in [1.165, 1.54) is 5.57 Å². The predicted octanol–water partition coefficient (Wildman–Crippen LogP) is 3.81. The molecule has 1 heterocycles. The van der Waals surface area contributed by atoms with E-state index in [9.17, 15) is 18.0 Å². The van der Waals surface area contributed by atoms with Crippen molar-refractivity contribution in [1.82, 2.24) is 10.0 Å². The Hall–Kier alpha value is -3.10. The highest BCUT2D eigenvalue weighted by Gasteiger charge is 2.47. The van der Waals surface area contributed by atoms with Gasteiger partial charge in [-0.25, -0.2) is 8.42 Å². The van der Waals surface area contributed by atoms with Crippen LogP contribution in [0.25, 0.3) is 6.08 Å². The molecular weight excluding hydrogens is 531 g/mol. The zero-order chi connectivity index (χ0) is 27.9. The average Bonchev–Trinajstić information content (AvgIpc) is 2.78. The Bertz CT molecular complexity index is 1250. The molecule has 1 fully saturated rings. The number of carbonyl (C=O) groups is 1. The number of amides is 1. The van der Waals surface area contributed by atoms with Gasteiger partial charge in [-0.1, -0.05) is 5.92 Å². The molecule has 1 aromatic carbocycles. The van der Waals surface area contributed by atoms with Gasteiger partial charge in [0.05, 0.1) is 13.0 Å². The van der Waals surface area contributed by atoms with Crippen molar-refractivity contribution in [2.45, 2.75) is 50.6 Å². The van der Waals surface area contributed by atoms with Crippen LogP contribution in [-0.4, -0.2) is 48.8 Å². The van der Waals surface area contributed by atoms with Gasteiger partial charge in [-0.05, 0) is 68.1 Å². The molecule has 1 amide bonds. The molecule has 0 radical (unpaired) electrons. The van der Waals surface area contributed by atoms with Gasteiger partial charge in [0.1, 0.15) is 6.04 Å². The SMILES string of the molecule is C#CCC(=O)N[N+]1(CC#C)c2ccc(NC(=S)OCC)cc2C=C2CCCCC21.O=S(=O)([O-])C(F)(F)F. The first-order valence-corrected chi connectivity index (χ1v) is 13.0. The minimum absolute atomic E-state index is 0.0218. The van der Waals surface area contributed by atoms with Crippen LogP contribution in [0, 0.1) is 24.7 Å². The Balaban J connectivity index is 0.000000521. The number of anilines is 1. The van der Waals surface area contributed by atoms with Gasteiger partial charge >= 0.3 is 5.51 Å². The number of fused-ring (bicyclic) bond motifs is 2. The van der Waals surface area contributed by atoms with Crippen LogP contribution in [-0.2, 0) is 19.6 Å². The minimum Gasteiger partial charge on any atom is -0.741 e. The molecule has 1 aromatic rings. The molecule has 2 aliphatic rings. The Labute approximate surface area is 219 Å². The summed E-state index contributed by atoms with van der Waals surface area (Å²) in [4.78, 5) is 12.6. The summed E-state index contributed by atoms with van der Waals surface area (Å²) in [5, 5.41) is 3.44. The van der Waals surface area contributed by atoms with Crippen molar-refractivity contribution in [3.8, 4) is 24.7 Å². The molecule has 0 spiro atoms. The van der Waals surface area contributed by atoms with Crippen LogP contribution in [0.2, 0.25) is 0 Å². The van der Waals surface area contributed by atoms with Crippen LogP contribution in [0.15, 0.2) is 23.8 Å². The molecular formula is C24H26F3N3O5S2. The summed E-state index contributed by atoms with van der Waals surface area (Å²) in [6, 6.07) is 6.08. The zero-order valence-corrected chi connectivity index (χ0v) is 21.6. The number of terminal acetylenes is 2. The number of rotatable bonds is 5. The summed E-state index contributed by atoms with van der Waals surface area (Å²) in [6.45, 7) is 2.75. The Kier molecular flexibility index (Phi) is 10.1. The van der Waals surface area contributed by atoms with Gasteiger partial charge in [0.15, 0.2) is 22.4 Å². The van der Waals surface area contributed by atoms with Crippen LogP contribution < -0.4 is 15.3 Å². The second-order valence-corrected chi connectivity index (χ2v) is 9.89. The van der Waals surface area contributed by atoms with Crippen LogP contribution in [0.5, 0.6) is 0 Å². The molecule has 0 bridgehead atoms. The number of halogens is 3. The number of ether oxygens (including phenoxy) is 1. The molecule has 0 aromatic heterocycles. The fraction of sp³-hybridized carbons (Fsp3) is 0.417. The van der Waals surface area contributed by atoms with Crippen molar-refractivity contribution < 1.29 is 35.7 Å². The Morgan fingerprint density at radius 1 is 1.30 bits per heavy atom. The van der Waals surface area contributed by atoms with E-state index in [4.69, 9.17) is 42.8 Å². The number of carbonyl (C=O) groups excluding carboxylic acids is 1. The fourth-order valence-corrected chi connectivity index (χ4v) is 4.56. The number of nitrogens with zero attached hydrogens (tertiary/aromatic N) is 1. The summed E-state index contributed by atoms with van der Waals surface area (Å²) in [7, 11) is -6.09. The van der Waals surface area contributed by atoms with Gasteiger partial charge in [-0.15, -0.1) is 12.8 Å². The number of hydrogen-bond donors (Lipinski definition) is 2. The van der Waals surface area contributed by atoms with Gasteiger partial charge < -0.3 is 14.6 Å². The second-order valence-electron chi connectivity index (χ2n) is 8.15. The highest BCUT2D eigenvalue weighted by Crippen LogP contribution is 2.44. The zero-order valence-electron chi connectivity index (χ0n) is 19.9. The highest BCUT2D eigenvalue weighted by atomic mass is 32.2. The first kappa shape index (κ1) is 30.1. The van der Waals surface area contributed by atoms with E-state index in [1.807, 2.05) is 25.1 Å². The summed E-state index contributed by atoms with van der Waals surface area (Å²) >= 11 is 5.20. The molecule has 2 atom stereocenters. The van der Waals surface area contributed by atoms with E-state index in [2.05, 4.69) is 28.7 Å². The molecule has 37 heavy (non-hydrogen) atoms. The lowest BCUT2D eigenvalue weighted by molar-refractivity contribution is -0.125.